The first-order valence-corrected chi connectivity index (χ1v) is 4.63. The van der Waals surface area contributed by atoms with E-state index in [0.29, 0.717) is 0 Å². The van der Waals surface area contributed by atoms with E-state index in [2.05, 4.69) is 29.3 Å². The first-order valence-electron chi connectivity index (χ1n) is 4.63. The number of hydrogen-bond donors (Lipinski definition) is 0. The molecule has 0 fully saturated rings. The Morgan fingerprint density at radius 3 is 3.31 bits per heavy atom. The summed E-state index contributed by atoms with van der Waals surface area (Å²) < 4.78 is 5.59. The first kappa shape index (κ1) is 7.01. The molecule has 0 amide bonds. The molecule has 1 aromatic rings. The van der Waals surface area contributed by atoms with Crippen LogP contribution in [0.5, 0.6) is 5.75 Å². The monoisotopic (exact) mass is 173 g/mol. The van der Waals surface area contributed by atoms with E-state index in [4.69, 9.17) is 4.74 Å². The second-order valence-corrected chi connectivity index (χ2v) is 3.39. The van der Waals surface area contributed by atoms with E-state index in [0.717, 1.165) is 25.3 Å². The van der Waals surface area contributed by atoms with Gasteiger partial charge in [0.25, 0.3) is 0 Å². The fraction of sp³-hybridized carbons (Fsp3) is 0.273. The maximum atomic E-state index is 5.59. The molecule has 2 aliphatic rings. The van der Waals surface area contributed by atoms with Gasteiger partial charge < -0.3 is 9.64 Å². The zero-order chi connectivity index (χ0) is 8.67. The molecule has 0 atom stereocenters. The molecule has 0 spiro atoms. The number of allylic oxidation sites excluding steroid dienone is 1. The summed E-state index contributed by atoms with van der Waals surface area (Å²) in [5.41, 5.74) is 2.65. The van der Waals surface area contributed by atoms with E-state index < -0.39 is 0 Å². The lowest BCUT2D eigenvalue weighted by molar-refractivity contribution is 0.312. The number of anilines is 1. The predicted molar refractivity (Wildman–Crippen MR) is 52.1 cm³/mol. The molecular formula is C11H11NO. The molecule has 2 heteroatoms. The molecule has 2 nitrogen and oxygen atoms in total. The van der Waals surface area contributed by atoms with Crippen molar-refractivity contribution >= 4 is 5.69 Å². The minimum Gasteiger partial charge on any atom is -0.490 e. The smallest absolute Gasteiger partial charge is 0.143 e. The number of hydrogen-bond acceptors (Lipinski definition) is 2. The maximum absolute atomic E-state index is 5.59. The maximum Gasteiger partial charge on any atom is 0.143 e. The van der Waals surface area contributed by atoms with Crippen molar-refractivity contribution in [1.29, 1.82) is 0 Å². The van der Waals surface area contributed by atoms with Gasteiger partial charge in [-0.3, -0.25) is 0 Å². The zero-order valence-corrected chi connectivity index (χ0v) is 7.36. The number of para-hydroxylation sites is 1. The van der Waals surface area contributed by atoms with Gasteiger partial charge in [-0.1, -0.05) is 18.2 Å². The minimum atomic E-state index is 0.792. The second-order valence-electron chi connectivity index (χ2n) is 3.39. The summed E-state index contributed by atoms with van der Waals surface area (Å²) in [4.78, 5) is 2.28. The summed E-state index contributed by atoms with van der Waals surface area (Å²) in [7, 11) is 0. The minimum absolute atomic E-state index is 0.792. The van der Waals surface area contributed by atoms with Crippen molar-refractivity contribution in [3.05, 3.63) is 36.0 Å². The Kier molecular flexibility index (Phi) is 1.36. The lowest BCUT2D eigenvalue weighted by Gasteiger charge is -2.32. The highest BCUT2D eigenvalue weighted by Gasteiger charge is 2.21. The van der Waals surface area contributed by atoms with Crippen LogP contribution in [0, 0.1) is 0 Å². The molecule has 2 heterocycles. The summed E-state index contributed by atoms with van der Waals surface area (Å²) in [6.45, 7) is 1.77. The van der Waals surface area contributed by atoms with Gasteiger partial charge in [0.05, 0.1) is 12.2 Å². The Morgan fingerprint density at radius 1 is 1.31 bits per heavy atom. The number of rotatable bonds is 0. The highest BCUT2D eigenvalue weighted by molar-refractivity contribution is 5.68. The first-order chi connectivity index (χ1) is 6.45. The van der Waals surface area contributed by atoms with E-state index in [1.807, 2.05) is 6.07 Å². The van der Waals surface area contributed by atoms with Crippen molar-refractivity contribution in [2.24, 2.45) is 0 Å². The van der Waals surface area contributed by atoms with Gasteiger partial charge in [-0.2, -0.15) is 0 Å². The van der Waals surface area contributed by atoms with Gasteiger partial charge in [0.1, 0.15) is 12.4 Å². The van der Waals surface area contributed by atoms with Crippen molar-refractivity contribution in [1.82, 2.24) is 0 Å². The Morgan fingerprint density at radius 2 is 2.31 bits per heavy atom. The van der Waals surface area contributed by atoms with Gasteiger partial charge in [-0.25, -0.2) is 0 Å². The standard InChI is InChI=1S/C11H11NO/c1-3-9-4-2-6-12-7-8-13-10(5-1)11(9)12/h1-3,5-6H,4,7-8H2. The van der Waals surface area contributed by atoms with E-state index in [1.165, 1.54) is 11.3 Å². The fourth-order valence-corrected chi connectivity index (χ4v) is 2.00. The molecule has 0 saturated heterocycles. The largest absolute Gasteiger partial charge is 0.490 e. The quantitative estimate of drug-likeness (QED) is 0.594. The third-order valence-electron chi connectivity index (χ3n) is 2.58. The molecule has 0 unspecified atom stereocenters. The van der Waals surface area contributed by atoms with Crippen molar-refractivity contribution in [2.45, 2.75) is 6.42 Å². The Balaban J connectivity index is 2.22. The summed E-state index contributed by atoms with van der Waals surface area (Å²) in [6.07, 6.45) is 5.40. The van der Waals surface area contributed by atoms with Gasteiger partial charge in [0.2, 0.25) is 0 Å². The molecule has 0 N–H and O–H groups in total. The lowest BCUT2D eigenvalue weighted by atomic mass is 10.0. The number of benzene rings is 1. The van der Waals surface area contributed by atoms with Crippen LogP contribution in [0.2, 0.25) is 0 Å². The summed E-state index contributed by atoms with van der Waals surface area (Å²) in [5.74, 6) is 1.04. The molecule has 66 valence electrons. The van der Waals surface area contributed by atoms with Crippen LogP contribution in [0.25, 0.3) is 0 Å². The van der Waals surface area contributed by atoms with Crippen LogP contribution in [-0.4, -0.2) is 13.2 Å². The van der Waals surface area contributed by atoms with Gasteiger partial charge in [-0.15, -0.1) is 0 Å². The third-order valence-corrected chi connectivity index (χ3v) is 2.58. The van der Waals surface area contributed by atoms with Crippen molar-refractivity contribution in [3.8, 4) is 5.75 Å². The summed E-state index contributed by atoms with van der Waals surface area (Å²) in [6, 6.07) is 6.28. The van der Waals surface area contributed by atoms with Gasteiger partial charge in [-0.05, 0) is 18.1 Å². The van der Waals surface area contributed by atoms with Crippen molar-refractivity contribution in [3.63, 3.8) is 0 Å². The summed E-state index contributed by atoms with van der Waals surface area (Å²) in [5, 5.41) is 0. The normalized spacial score (nSPS) is 18.0. The molecular weight excluding hydrogens is 162 g/mol. The highest BCUT2D eigenvalue weighted by atomic mass is 16.5. The molecule has 3 rings (SSSR count). The highest BCUT2D eigenvalue weighted by Crippen LogP contribution is 2.37. The van der Waals surface area contributed by atoms with Crippen LogP contribution < -0.4 is 9.64 Å². The molecule has 0 radical (unpaired) electrons. The Hall–Kier alpha value is -1.44. The van der Waals surface area contributed by atoms with Crippen LogP contribution >= 0.6 is 0 Å². The molecule has 0 bridgehead atoms. The van der Waals surface area contributed by atoms with Crippen LogP contribution in [0.4, 0.5) is 5.69 Å². The fourth-order valence-electron chi connectivity index (χ4n) is 2.00. The van der Waals surface area contributed by atoms with Crippen LogP contribution in [0.3, 0.4) is 0 Å². The molecule has 13 heavy (non-hydrogen) atoms. The van der Waals surface area contributed by atoms with Gasteiger partial charge in [0, 0.05) is 6.20 Å². The lowest BCUT2D eigenvalue weighted by Crippen LogP contribution is -2.30. The summed E-state index contributed by atoms with van der Waals surface area (Å²) >= 11 is 0. The Labute approximate surface area is 77.4 Å². The average Bonchev–Trinajstić information content (AvgIpc) is 2.19. The van der Waals surface area contributed by atoms with Crippen LogP contribution in [0.15, 0.2) is 30.5 Å². The SMILES string of the molecule is C1=CN2CCOc3cccc(c32)C1. The predicted octanol–water partition coefficient (Wildman–Crippen LogP) is 1.96. The molecule has 2 aliphatic heterocycles. The topological polar surface area (TPSA) is 12.5 Å². The third kappa shape index (κ3) is 0.949. The van der Waals surface area contributed by atoms with Gasteiger partial charge >= 0.3 is 0 Å². The van der Waals surface area contributed by atoms with Crippen LogP contribution in [-0.2, 0) is 6.42 Å². The van der Waals surface area contributed by atoms with E-state index in [1.54, 1.807) is 0 Å². The zero-order valence-electron chi connectivity index (χ0n) is 7.36. The van der Waals surface area contributed by atoms with E-state index >= 15 is 0 Å². The van der Waals surface area contributed by atoms with E-state index in [9.17, 15) is 0 Å². The number of nitrogens with zero attached hydrogens (tertiary/aromatic N) is 1. The number of ether oxygens (including phenoxy) is 1. The van der Waals surface area contributed by atoms with Gasteiger partial charge in [0.15, 0.2) is 0 Å². The van der Waals surface area contributed by atoms with Crippen LogP contribution in [0.1, 0.15) is 5.56 Å². The molecule has 1 aromatic carbocycles. The molecule has 0 saturated carbocycles. The second kappa shape index (κ2) is 2.52. The van der Waals surface area contributed by atoms with E-state index in [-0.39, 0.29) is 0 Å². The van der Waals surface area contributed by atoms with Crippen molar-refractivity contribution in [2.75, 3.05) is 18.1 Å². The van der Waals surface area contributed by atoms with Crippen molar-refractivity contribution < 1.29 is 4.74 Å². The Bertz CT molecular complexity index is 370. The average molecular weight is 173 g/mol. The molecule has 0 aromatic heterocycles. The molecule has 0 aliphatic carbocycles.